The third-order valence-corrected chi connectivity index (χ3v) is 3.32. The molecule has 26 heavy (non-hydrogen) atoms. The molecule has 1 aliphatic carbocycles. The molecule has 15 heteroatoms. The van der Waals surface area contributed by atoms with Gasteiger partial charge < -0.3 is 4.74 Å². The summed E-state index contributed by atoms with van der Waals surface area (Å²) in [6.45, 7) is -0.976. The Hall–Kier alpha value is -1.54. The van der Waals surface area contributed by atoms with E-state index in [0.717, 1.165) is 0 Å². The first-order valence-electron chi connectivity index (χ1n) is 6.56. The van der Waals surface area contributed by atoms with E-state index in [2.05, 4.69) is 4.74 Å². The highest BCUT2D eigenvalue weighted by Gasteiger charge is 2.84. The average Bonchev–Trinajstić information content (AvgIpc) is 3.17. The summed E-state index contributed by atoms with van der Waals surface area (Å²) in [7, 11) is 0. The number of morpholine rings is 1. The Morgan fingerprint density at radius 3 is 1.69 bits per heavy atom. The van der Waals surface area contributed by atoms with Crippen LogP contribution in [0.1, 0.15) is 12.8 Å². The van der Waals surface area contributed by atoms with E-state index in [1.165, 1.54) is 0 Å². The Morgan fingerprint density at radius 1 is 0.923 bits per heavy atom. The lowest BCUT2D eigenvalue weighted by Gasteiger charge is -2.47. The average molecular weight is 413 g/mol. The lowest BCUT2D eigenvalue weighted by atomic mass is 10.2. The van der Waals surface area contributed by atoms with E-state index < -0.39 is 59.6 Å². The standard InChI is InChI=1S/C11H7F12NO2/c12-6(5(7(13,14)15)25-3-4-1-2-4)24-8(16,17)10(20,21)26-11(22,23)9(24,18)19/h4H,1-3H2. The fourth-order valence-corrected chi connectivity index (χ4v) is 1.81. The van der Waals surface area contributed by atoms with Crippen LogP contribution in [-0.4, -0.2) is 42.0 Å². The molecular weight excluding hydrogens is 406 g/mol. The first-order valence-corrected chi connectivity index (χ1v) is 6.56. The molecule has 1 heterocycles. The molecular formula is C11H7F12NO2. The largest absolute Gasteiger partial charge is 0.486 e. The highest BCUT2D eigenvalue weighted by molar-refractivity contribution is 5.13. The number of rotatable bonds is 4. The lowest BCUT2D eigenvalue weighted by Crippen LogP contribution is -2.73. The molecule has 0 bridgehead atoms. The predicted octanol–water partition coefficient (Wildman–Crippen LogP) is 4.82. The topological polar surface area (TPSA) is 21.7 Å². The number of hydrogen-bond donors (Lipinski definition) is 0. The fourth-order valence-electron chi connectivity index (χ4n) is 1.81. The molecule has 2 aliphatic rings. The van der Waals surface area contributed by atoms with E-state index in [4.69, 9.17) is 0 Å². The molecule has 0 aromatic heterocycles. The van der Waals surface area contributed by atoms with Crippen LogP contribution in [0, 0.1) is 5.92 Å². The van der Waals surface area contributed by atoms with Crippen LogP contribution in [0.3, 0.4) is 0 Å². The van der Waals surface area contributed by atoms with E-state index in [-0.39, 0.29) is 12.8 Å². The molecule has 1 saturated heterocycles. The second-order valence-corrected chi connectivity index (χ2v) is 5.43. The van der Waals surface area contributed by atoms with Gasteiger partial charge in [-0.3, -0.25) is 0 Å². The zero-order chi connectivity index (χ0) is 20.3. The zero-order valence-corrected chi connectivity index (χ0v) is 12.0. The molecule has 1 saturated carbocycles. The Balaban J connectivity index is 2.59. The van der Waals surface area contributed by atoms with E-state index in [0.29, 0.717) is 0 Å². The second kappa shape index (κ2) is 5.73. The van der Waals surface area contributed by atoms with Gasteiger partial charge in [0.25, 0.3) is 5.76 Å². The van der Waals surface area contributed by atoms with Crippen LogP contribution < -0.4 is 0 Å². The number of hydrogen-bond acceptors (Lipinski definition) is 3. The number of alkyl halides is 11. The predicted molar refractivity (Wildman–Crippen MR) is 55.6 cm³/mol. The Bertz CT molecular complexity index is 568. The number of nitrogens with zero attached hydrogens (tertiary/aromatic N) is 1. The van der Waals surface area contributed by atoms with Crippen molar-refractivity contribution >= 4 is 0 Å². The first kappa shape index (κ1) is 20.8. The minimum absolute atomic E-state index is 0.284. The Labute approximate surface area is 136 Å². The first-order chi connectivity index (χ1) is 11.5. The van der Waals surface area contributed by atoms with Crippen molar-refractivity contribution in [3.05, 3.63) is 11.7 Å². The molecule has 0 unspecified atom stereocenters. The van der Waals surface area contributed by atoms with Gasteiger partial charge in [0.1, 0.15) is 0 Å². The molecule has 2 fully saturated rings. The molecule has 2 rings (SSSR count). The molecule has 0 aromatic carbocycles. The highest BCUT2D eigenvalue weighted by Crippen LogP contribution is 2.58. The SMILES string of the molecule is FC(=C(OCC1CC1)C(F)(F)F)N1C(F)(F)C(F)(F)OC(F)(F)C1(F)F. The zero-order valence-electron chi connectivity index (χ0n) is 12.0. The van der Waals surface area contributed by atoms with Crippen molar-refractivity contribution in [1.29, 1.82) is 0 Å². The molecule has 1 aliphatic heterocycles. The van der Waals surface area contributed by atoms with Crippen LogP contribution in [0.25, 0.3) is 0 Å². The number of ether oxygens (including phenoxy) is 2. The maximum absolute atomic E-state index is 13.9. The smallest absolute Gasteiger partial charge is 0.453 e. The van der Waals surface area contributed by atoms with Crippen molar-refractivity contribution < 1.29 is 62.2 Å². The van der Waals surface area contributed by atoms with Crippen molar-refractivity contribution in [3.63, 3.8) is 0 Å². The molecule has 0 amide bonds. The third kappa shape index (κ3) is 3.24. The van der Waals surface area contributed by atoms with Gasteiger partial charge in [-0.15, -0.1) is 0 Å². The van der Waals surface area contributed by atoms with E-state index in [9.17, 15) is 52.7 Å². The van der Waals surface area contributed by atoms with Gasteiger partial charge in [-0.2, -0.15) is 52.7 Å². The van der Waals surface area contributed by atoms with E-state index >= 15 is 0 Å². The summed E-state index contributed by atoms with van der Waals surface area (Å²) in [6.07, 6.45) is -18.4. The second-order valence-electron chi connectivity index (χ2n) is 5.43. The molecule has 3 nitrogen and oxygen atoms in total. The van der Waals surface area contributed by atoms with Crippen LogP contribution in [0.5, 0.6) is 0 Å². The van der Waals surface area contributed by atoms with Gasteiger partial charge in [-0.1, -0.05) is 0 Å². The highest BCUT2D eigenvalue weighted by atomic mass is 19.4. The number of halogens is 12. The van der Waals surface area contributed by atoms with Gasteiger partial charge in [-0.25, -0.2) is 9.64 Å². The summed E-state index contributed by atoms with van der Waals surface area (Å²) in [5.41, 5.74) is 0. The van der Waals surface area contributed by atoms with Crippen LogP contribution in [-0.2, 0) is 9.47 Å². The van der Waals surface area contributed by atoms with Gasteiger partial charge in [0, 0.05) is 0 Å². The molecule has 152 valence electrons. The van der Waals surface area contributed by atoms with Gasteiger partial charge in [0.2, 0.25) is 5.95 Å². The lowest BCUT2D eigenvalue weighted by molar-refractivity contribution is -0.559. The van der Waals surface area contributed by atoms with Gasteiger partial charge >= 0.3 is 30.5 Å². The summed E-state index contributed by atoms with van der Waals surface area (Å²) < 4.78 is 164. The summed E-state index contributed by atoms with van der Waals surface area (Å²) in [4.78, 5) is -2.97. The maximum atomic E-state index is 13.9. The minimum Gasteiger partial charge on any atom is -0.486 e. The summed E-state index contributed by atoms with van der Waals surface area (Å²) in [5.74, 6) is -7.60. The fraction of sp³-hybridized carbons (Fsp3) is 0.818. The Kier molecular flexibility index (Phi) is 4.57. The quantitative estimate of drug-likeness (QED) is 0.375. The van der Waals surface area contributed by atoms with Crippen LogP contribution in [0.4, 0.5) is 52.7 Å². The summed E-state index contributed by atoms with van der Waals surface area (Å²) >= 11 is 0. The van der Waals surface area contributed by atoms with Gasteiger partial charge in [-0.05, 0) is 18.8 Å². The van der Waals surface area contributed by atoms with Crippen LogP contribution in [0.2, 0.25) is 0 Å². The van der Waals surface area contributed by atoms with Crippen molar-refractivity contribution in [3.8, 4) is 0 Å². The molecule has 0 atom stereocenters. The minimum atomic E-state index is -6.61. The van der Waals surface area contributed by atoms with Gasteiger partial charge in [0.05, 0.1) is 6.61 Å². The third-order valence-electron chi connectivity index (χ3n) is 3.32. The molecule has 0 spiro atoms. The van der Waals surface area contributed by atoms with Crippen LogP contribution >= 0.6 is 0 Å². The van der Waals surface area contributed by atoms with Crippen molar-refractivity contribution in [1.82, 2.24) is 4.90 Å². The maximum Gasteiger partial charge on any atom is 0.453 e. The number of allylic oxidation sites excluding steroid dienone is 1. The van der Waals surface area contributed by atoms with Crippen molar-refractivity contribution in [2.45, 2.75) is 43.3 Å². The van der Waals surface area contributed by atoms with E-state index in [1.54, 1.807) is 0 Å². The monoisotopic (exact) mass is 413 g/mol. The van der Waals surface area contributed by atoms with Crippen molar-refractivity contribution in [2.75, 3.05) is 6.61 Å². The molecule has 0 aromatic rings. The summed E-state index contributed by atoms with van der Waals surface area (Å²) in [5, 5.41) is 0. The Morgan fingerprint density at radius 2 is 1.35 bits per heavy atom. The van der Waals surface area contributed by atoms with E-state index in [1.807, 2.05) is 4.74 Å². The molecule has 0 radical (unpaired) electrons. The van der Waals surface area contributed by atoms with Crippen molar-refractivity contribution in [2.24, 2.45) is 5.92 Å². The van der Waals surface area contributed by atoms with Gasteiger partial charge in [0.15, 0.2) is 0 Å². The normalized spacial score (nSPS) is 27.8. The molecule has 0 N–H and O–H groups in total. The summed E-state index contributed by atoms with van der Waals surface area (Å²) in [6, 6.07) is -13.2. The van der Waals surface area contributed by atoms with Crippen LogP contribution in [0.15, 0.2) is 11.7 Å².